The summed E-state index contributed by atoms with van der Waals surface area (Å²) in [6.07, 6.45) is 2.81. The van der Waals surface area contributed by atoms with Gasteiger partial charge in [-0.1, -0.05) is 34.6 Å². The normalized spacial score (nSPS) is 32.7. The maximum absolute atomic E-state index is 12.4. The molecule has 1 amide bonds. The molecule has 6 heteroatoms. The Balaban J connectivity index is 2.37. The number of ether oxygens (including phenoxy) is 2. The Kier molecular flexibility index (Phi) is 5.22. The number of amides is 1. The van der Waals surface area contributed by atoms with Crippen molar-refractivity contribution in [3.8, 4) is 0 Å². The predicted octanol–water partition coefficient (Wildman–Crippen LogP) is 1.57. The van der Waals surface area contributed by atoms with Crippen molar-refractivity contribution in [1.29, 1.82) is 0 Å². The SMILES string of the molecule is CC(=O)O[C@H]1NC(=O)[C@@H]1[C@H](C(C)(C)C)C(C)(C)C1([SiH3])CCCCO1. The highest BCUT2D eigenvalue weighted by atomic mass is 28.1. The number of carbonyl (C=O) groups excluding carboxylic acids is 2. The Morgan fingerprint density at radius 3 is 2.38 bits per heavy atom. The molecule has 2 fully saturated rings. The molecule has 0 aliphatic carbocycles. The third-order valence-electron chi connectivity index (χ3n) is 6.11. The van der Waals surface area contributed by atoms with Crippen molar-refractivity contribution in [2.24, 2.45) is 22.7 Å². The second-order valence-electron chi connectivity index (χ2n) is 9.17. The van der Waals surface area contributed by atoms with Crippen molar-refractivity contribution < 1.29 is 19.1 Å². The molecule has 1 unspecified atom stereocenters. The van der Waals surface area contributed by atoms with E-state index < -0.39 is 6.23 Å². The molecule has 2 saturated heterocycles. The summed E-state index contributed by atoms with van der Waals surface area (Å²) in [5, 5.41) is 2.60. The second kappa shape index (κ2) is 6.45. The summed E-state index contributed by atoms with van der Waals surface area (Å²) in [6.45, 7) is 13.2. The van der Waals surface area contributed by atoms with Gasteiger partial charge in [-0.25, -0.2) is 0 Å². The molecule has 5 nitrogen and oxygen atoms in total. The van der Waals surface area contributed by atoms with Crippen LogP contribution in [0.4, 0.5) is 0 Å². The lowest BCUT2D eigenvalue weighted by molar-refractivity contribution is -0.194. The molecule has 2 rings (SSSR count). The van der Waals surface area contributed by atoms with Gasteiger partial charge in [0.15, 0.2) is 6.23 Å². The van der Waals surface area contributed by atoms with Crippen molar-refractivity contribution in [2.75, 3.05) is 6.61 Å². The maximum Gasteiger partial charge on any atom is 0.304 e. The number of carbonyl (C=O) groups is 2. The van der Waals surface area contributed by atoms with Crippen molar-refractivity contribution in [3.05, 3.63) is 0 Å². The highest BCUT2D eigenvalue weighted by molar-refractivity contribution is 6.15. The van der Waals surface area contributed by atoms with Crippen LogP contribution in [0.1, 0.15) is 60.8 Å². The minimum atomic E-state index is -0.521. The lowest BCUT2D eigenvalue weighted by Gasteiger charge is -2.58. The molecule has 0 aromatic carbocycles. The van der Waals surface area contributed by atoms with Crippen LogP contribution in [0.2, 0.25) is 0 Å². The molecule has 138 valence electrons. The van der Waals surface area contributed by atoms with Gasteiger partial charge in [-0.3, -0.25) is 9.59 Å². The summed E-state index contributed by atoms with van der Waals surface area (Å²) in [6, 6.07) is 0. The summed E-state index contributed by atoms with van der Waals surface area (Å²) in [4.78, 5) is 23.8. The van der Waals surface area contributed by atoms with Gasteiger partial charge in [-0.2, -0.15) is 0 Å². The fourth-order valence-corrected chi connectivity index (χ4v) is 5.69. The van der Waals surface area contributed by atoms with E-state index in [0.29, 0.717) is 0 Å². The molecular formula is C18H33NO4Si. The minimum Gasteiger partial charge on any atom is -0.441 e. The lowest BCUT2D eigenvalue weighted by Crippen LogP contribution is -2.69. The molecule has 2 aliphatic heterocycles. The summed E-state index contributed by atoms with van der Waals surface area (Å²) in [7, 11) is 0.915. The second-order valence-corrected chi connectivity index (χ2v) is 10.8. The molecule has 0 aromatic heterocycles. The van der Waals surface area contributed by atoms with Gasteiger partial charge in [-0.05, 0) is 36.0 Å². The zero-order valence-electron chi connectivity index (χ0n) is 16.2. The highest BCUT2D eigenvalue weighted by Gasteiger charge is 2.60. The van der Waals surface area contributed by atoms with Crippen LogP contribution in [0.3, 0.4) is 0 Å². The van der Waals surface area contributed by atoms with E-state index in [4.69, 9.17) is 9.47 Å². The van der Waals surface area contributed by atoms with Gasteiger partial charge in [0.25, 0.3) is 0 Å². The Morgan fingerprint density at radius 2 is 1.96 bits per heavy atom. The highest BCUT2D eigenvalue weighted by Crippen LogP contribution is 2.55. The Labute approximate surface area is 148 Å². The Morgan fingerprint density at radius 1 is 1.33 bits per heavy atom. The lowest BCUT2D eigenvalue weighted by atomic mass is 9.55. The topological polar surface area (TPSA) is 64.6 Å². The van der Waals surface area contributed by atoms with Crippen molar-refractivity contribution in [1.82, 2.24) is 5.32 Å². The van der Waals surface area contributed by atoms with Crippen molar-refractivity contribution >= 4 is 22.1 Å². The van der Waals surface area contributed by atoms with Crippen LogP contribution >= 0.6 is 0 Å². The van der Waals surface area contributed by atoms with Crippen LogP contribution in [-0.2, 0) is 19.1 Å². The van der Waals surface area contributed by atoms with E-state index in [1.807, 2.05) is 0 Å². The molecule has 0 spiro atoms. The van der Waals surface area contributed by atoms with E-state index >= 15 is 0 Å². The number of nitrogens with one attached hydrogen (secondary N) is 1. The van der Waals surface area contributed by atoms with Crippen LogP contribution in [0, 0.1) is 22.7 Å². The van der Waals surface area contributed by atoms with Crippen LogP contribution in [0.15, 0.2) is 0 Å². The number of esters is 1. The van der Waals surface area contributed by atoms with Gasteiger partial charge in [0, 0.05) is 23.8 Å². The number of hydrogen-bond acceptors (Lipinski definition) is 4. The average molecular weight is 356 g/mol. The van der Waals surface area contributed by atoms with Crippen LogP contribution in [0.25, 0.3) is 0 Å². The van der Waals surface area contributed by atoms with Gasteiger partial charge in [0.05, 0.1) is 11.1 Å². The van der Waals surface area contributed by atoms with Crippen LogP contribution < -0.4 is 5.32 Å². The molecule has 4 atom stereocenters. The predicted molar refractivity (Wildman–Crippen MR) is 96.4 cm³/mol. The molecule has 24 heavy (non-hydrogen) atoms. The first-order valence-corrected chi connectivity index (χ1v) is 10.0. The monoisotopic (exact) mass is 355 g/mol. The molecular weight excluding hydrogens is 322 g/mol. The van der Waals surface area contributed by atoms with Crippen molar-refractivity contribution in [3.63, 3.8) is 0 Å². The Hall–Kier alpha value is -0.883. The summed E-state index contributed by atoms with van der Waals surface area (Å²) in [5.74, 6) is -0.640. The summed E-state index contributed by atoms with van der Waals surface area (Å²) in [5.41, 5.74) is -0.290. The smallest absolute Gasteiger partial charge is 0.304 e. The van der Waals surface area contributed by atoms with Gasteiger partial charge >= 0.3 is 5.97 Å². The minimum absolute atomic E-state index is 0.0182. The van der Waals surface area contributed by atoms with Crippen LogP contribution in [-0.4, -0.2) is 40.2 Å². The van der Waals surface area contributed by atoms with Gasteiger partial charge in [-0.15, -0.1) is 0 Å². The van der Waals surface area contributed by atoms with E-state index in [2.05, 4.69) is 39.9 Å². The van der Waals surface area contributed by atoms with Gasteiger partial charge < -0.3 is 14.8 Å². The zero-order chi connectivity index (χ0) is 18.3. The van der Waals surface area contributed by atoms with E-state index in [1.165, 1.54) is 13.3 Å². The quantitative estimate of drug-likeness (QED) is 0.472. The summed E-state index contributed by atoms with van der Waals surface area (Å²) < 4.78 is 11.7. The summed E-state index contributed by atoms with van der Waals surface area (Å²) >= 11 is 0. The van der Waals surface area contributed by atoms with Crippen LogP contribution in [0.5, 0.6) is 0 Å². The fraction of sp³-hybridized carbons (Fsp3) is 0.889. The molecule has 2 heterocycles. The third kappa shape index (κ3) is 3.40. The van der Waals surface area contributed by atoms with Crippen molar-refractivity contribution in [2.45, 2.75) is 72.3 Å². The first kappa shape index (κ1) is 19.4. The molecule has 2 aliphatic rings. The number of hydrogen-bond donors (Lipinski definition) is 1. The first-order valence-electron chi connectivity index (χ1n) is 9.02. The molecule has 0 saturated carbocycles. The number of rotatable bonds is 4. The number of β-lactam (4-membered cyclic amide) rings is 1. The third-order valence-corrected chi connectivity index (χ3v) is 8.19. The van der Waals surface area contributed by atoms with E-state index in [-0.39, 0.29) is 39.8 Å². The van der Waals surface area contributed by atoms with E-state index in [9.17, 15) is 9.59 Å². The maximum atomic E-state index is 12.4. The van der Waals surface area contributed by atoms with E-state index in [0.717, 1.165) is 29.7 Å². The molecule has 0 aromatic rings. The largest absolute Gasteiger partial charge is 0.441 e. The fourth-order valence-electron chi connectivity index (χ4n) is 4.82. The average Bonchev–Trinajstić information content (AvgIpc) is 2.43. The first-order chi connectivity index (χ1) is 10.9. The zero-order valence-corrected chi connectivity index (χ0v) is 18.2. The van der Waals surface area contributed by atoms with Gasteiger partial charge in [0.1, 0.15) is 0 Å². The van der Waals surface area contributed by atoms with E-state index in [1.54, 1.807) is 0 Å². The molecule has 0 radical (unpaired) electrons. The molecule has 1 N–H and O–H groups in total. The standard InChI is InChI=1S/C18H33NO4Si/c1-11(20)23-15-12(14(21)19-15)13(16(2,3)4)17(5,6)18(24)9-7-8-10-22-18/h12-13,15H,7-10H2,1-6,24H3,(H,19,21)/t12-,13+,15+,18?/m0/s1. The van der Waals surface area contributed by atoms with Gasteiger partial charge in [0.2, 0.25) is 5.91 Å². The molecule has 0 bridgehead atoms. The Bertz CT molecular complexity index is 506.